The van der Waals surface area contributed by atoms with Crippen molar-refractivity contribution in [3.05, 3.63) is 70.8 Å². The summed E-state index contributed by atoms with van der Waals surface area (Å²) in [6.07, 6.45) is 3.58. The maximum absolute atomic E-state index is 11.1. The largest absolute Gasteiger partial charge is 0.497 e. The van der Waals surface area contributed by atoms with Crippen LogP contribution in [0, 0.1) is 0 Å². The van der Waals surface area contributed by atoms with Gasteiger partial charge in [-0.25, -0.2) is 4.79 Å². The lowest BCUT2D eigenvalue weighted by Crippen LogP contribution is -1.85. The fourth-order valence-corrected chi connectivity index (χ4v) is 1.84. The predicted molar refractivity (Wildman–Crippen MR) is 82.6 cm³/mol. The van der Waals surface area contributed by atoms with Crippen molar-refractivity contribution in [2.75, 3.05) is 7.11 Å². The summed E-state index contributed by atoms with van der Waals surface area (Å²) in [5.74, 6) is 2.70. The molecule has 20 heavy (non-hydrogen) atoms. The Hall–Kier alpha value is -2.28. The van der Waals surface area contributed by atoms with Crippen molar-refractivity contribution in [3.8, 4) is 5.75 Å². The molecule has 0 spiro atoms. The Balaban J connectivity index is 2.20. The zero-order valence-electron chi connectivity index (χ0n) is 11.0. The van der Waals surface area contributed by atoms with Gasteiger partial charge in [0.05, 0.1) is 12.7 Å². The van der Waals surface area contributed by atoms with Crippen LogP contribution in [0.5, 0.6) is 5.75 Å². The number of allylic oxidation sites excluding steroid dienone is 2. The summed E-state index contributed by atoms with van der Waals surface area (Å²) in [7, 11) is 1.60. The summed E-state index contributed by atoms with van der Waals surface area (Å²) in [6, 6.07) is 14.6. The second-order valence-corrected chi connectivity index (χ2v) is 4.57. The van der Waals surface area contributed by atoms with Crippen LogP contribution in [0.2, 0.25) is 5.02 Å². The normalized spacial score (nSPS) is 10.3. The van der Waals surface area contributed by atoms with Crippen LogP contribution in [0.15, 0.2) is 54.6 Å². The SMILES string of the molecule is COc1ccc(C(=C=O)/C=C/c2ccc(Cl)cc2)cc1. The van der Waals surface area contributed by atoms with Crippen LogP contribution in [0.1, 0.15) is 11.1 Å². The maximum Gasteiger partial charge on any atom is 0.133 e. The van der Waals surface area contributed by atoms with Crippen LogP contribution in [0.4, 0.5) is 0 Å². The van der Waals surface area contributed by atoms with Gasteiger partial charge < -0.3 is 4.74 Å². The van der Waals surface area contributed by atoms with E-state index in [1.54, 1.807) is 25.3 Å². The molecule has 0 aliphatic rings. The first-order valence-electron chi connectivity index (χ1n) is 6.06. The summed E-state index contributed by atoms with van der Waals surface area (Å²) in [5.41, 5.74) is 2.25. The van der Waals surface area contributed by atoms with Crippen LogP contribution in [0.25, 0.3) is 11.6 Å². The Morgan fingerprint density at radius 2 is 1.75 bits per heavy atom. The number of methoxy groups -OCH3 is 1. The first kappa shape index (κ1) is 14.1. The van der Waals surface area contributed by atoms with E-state index in [0.29, 0.717) is 10.6 Å². The average Bonchev–Trinajstić information content (AvgIpc) is 2.50. The van der Waals surface area contributed by atoms with Crippen LogP contribution in [-0.2, 0) is 4.79 Å². The van der Waals surface area contributed by atoms with Crippen LogP contribution in [0.3, 0.4) is 0 Å². The summed E-state index contributed by atoms with van der Waals surface area (Å²) >= 11 is 5.82. The van der Waals surface area contributed by atoms with Gasteiger partial charge in [0.1, 0.15) is 11.7 Å². The third kappa shape index (κ3) is 3.61. The van der Waals surface area contributed by atoms with Crippen LogP contribution < -0.4 is 4.74 Å². The Morgan fingerprint density at radius 3 is 2.30 bits per heavy atom. The van der Waals surface area contributed by atoms with E-state index < -0.39 is 0 Å². The first-order chi connectivity index (χ1) is 9.72. The fraction of sp³-hybridized carbons (Fsp3) is 0.0588. The van der Waals surface area contributed by atoms with Crippen molar-refractivity contribution >= 4 is 29.2 Å². The topological polar surface area (TPSA) is 26.3 Å². The monoisotopic (exact) mass is 284 g/mol. The van der Waals surface area contributed by atoms with E-state index in [1.165, 1.54) is 0 Å². The summed E-state index contributed by atoms with van der Waals surface area (Å²) in [5, 5.41) is 0.684. The molecule has 2 nitrogen and oxygen atoms in total. The Morgan fingerprint density at radius 1 is 1.10 bits per heavy atom. The van der Waals surface area contributed by atoms with E-state index in [1.807, 2.05) is 48.4 Å². The van der Waals surface area contributed by atoms with Gasteiger partial charge in [-0.15, -0.1) is 0 Å². The Bertz CT molecular complexity index is 648. The minimum absolute atomic E-state index is 0.489. The molecule has 0 aliphatic heterocycles. The molecule has 100 valence electrons. The molecule has 0 fully saturated rings. The van der Waals surface area contributed by atoms with Gasteiger partial charge in [0, 0.05) is 5.02 Å². The minimum Gasteiger partial charge on any atom is -0.497 e. The Kier molecular flexibility index (Phi) is 4.78. The fourth-order valence-electron chi connectivity index (χ4n) is 1.71. The second kappa shape index (κ2) is 6.76. The molecule has 0 heterocycles. The van der Waals surface area contributed by atoms with E-state index in [9.17, 15) is 4.79 Å². The predicted octanol–water partition coefficient (Wildman–Crippen LogP) is 4.28. The van der Waals surface area contributed by atoms with E-state index in [0.717, 1.165) is 16.9 Å². The standard InChI is InChI=1S/C17H13ClO2/c1-20-17-10-6-14(7-11-17)15(12-19)5-2-13-3-8-16(18)9-4-13/h2-11H,1H3/b5-2+. The molecule has 0 saturated carbocycles. The van der Waals surface area contributed by atoms with Gasteiger partial charge in [-0.2, -0.15) is 0 Å². The van der Waals surface area contributed by atoms with Crippen LogP contribution in [-0.4, -0.2) is 13.1 Å². The lowest BCUT2D eigenvalue weighted by atomic mass is 10.1. The molecule has 0 aliphatic carbocycles. The average molecular weight is 285 g/mol. The molecule has 0 unspecified atom stereocenters. The third-order valence-electron chi connectivity index (χ3n) is 2.82. The quantitative estimate of drug-likeness (QED) is 0.619. The van der Waals surface area contributed by atoms with Gasteiger partial charge in [0.2, 0.25) is 0 Å². The molecule has 0 saturated heterocycles. The number of halogens is 1. The Labute approximate surface area is 123 Å². The van der Waals surface area contributed by atoms with E-state index in [2.05, 4.69) is 0 Å². The molecular formula is C17H13ClO2. The first-order valence-corrected chi connectivity index (χ1v) is 6.44. The minimum atomic E-state index is 0.489. The van der Waals surface area contributed by atoms with Gasteiger partial charge in [0.15, 0.2) is 0 Å². The highest BCUT2D eigenvalue weighted by molar-refractivity contribution is 6.30. The van der Waals surface area contributed by atoms with Gasteiger partial charge in [-0.3, -0.25) is 0 Å². The van der Waals surface area contributed by atoms with E-state index >= 15 is 0 Å². The number of carbonyl (C=O) groups excluding carboxylic acids is 1. The molecule has 0 N–H and O–H groups in total. The van der Waals surface area contributed by atoms with Crippen molar-refractivity contribution in [2.45, 2.75) is 0 Å². The van der Waals surface area contributed by atoms with Crippen molar-refractivity contribution in [2.24, 2.45) is 0 Å². The second-order valence-electron chi connectivity index (χ2n) is 4.13. The highest BCUT2D eigenvalue weighted by atomic mass is 35.5. The van der Waals surface area contributed by atoms with Gasteiger partial charge in [-0.1, -0.05) is 29.8 Å². The molecule has 0 bridgehead atoms. The molecule has 0 amide bonds. The lowest BCUT2D eigenvalue weighted by molar-refractivity contribution is 0.415. The van der Waals surface area contributed by atoms with Gasteiger partial charge in [-0.05, 0) is 53.6 Å². The molecule has 2 aromatic rings. The third-order valence-corrected chi connectivity index (χ3v) is 3.08. The molecule has 0 radical (unpaired) electrons. The van der Waals surface area contributed by atoms with Crippen molar-refractivity contribution in [1.29, 1.82) is 0 Å². The number of rotatable bonds is 4. The highest BCUT2D eigenvalue weighted by Crippen LogP contribution is 2.19. The number of hydrogen-bond donors (Lipinski definition) is 0. The lowest BCUT2D eigenvalue weighted by Gasteiger charge is -2.01. The van der Waals surface area contributed by atoms with Gasteiger partial charge >= 0.3 is 0 Å². The van der Waals surface area contributed by atoms with Gasteiger partial charge in [0.25, 0.3) is 0 Å². The molecule has 0 atom stereocenters. The zero-order chi connectivity index (χ0) is 14.4. The molecule has 2 rings (SSSR count). The molecule has 0 aromatic heterocycles. The van der Waals surface area contributed by atoms with Crippen molar-refractivity contribution in [3.63, 3.8) is 0 Å². The highest BCUT2D eigenvalue weighted by Gasteiger charge is 1.99. The number of ether oxygens (including phenoxy) is 1. The van der Waals surface area contributed by atoms with E-state index in [-0.39, 0.29) is 0 Å². The van der Waals surface area contributed by atoms with Crippen molar-refractivity contribution in [1.82, 2.24) is 0 Å². The summed E-state index contributed by atoms with van der Waals surface area (Å²) in [4.78, 5) is 11.1. The summed E-state index contributed by atoms with van der Waals surface area (Å²) < 4.78 is 5.08. The molecule has 2 aromatic carbocycles. The molecule has 3 heteroatoms. The number of hydrogen-bond acceptors (Lipinski definition) is 2. The molecular weight excluding hydrogens is 272 g/mol. The zero-order valence-corrected chi connectivity index (χ0v) is 11.7. The summed E-state index contributed by atoms with van der Waals surface area (Å²) in [6.45, 7) is 0. The smallest absolute Gasteiger partial charge is 0.133 e. The number of benzene rings is 2. The van der Waals surface area contributed by atoms with Crippen LogP contribution >= 0.6 is 11.6 Å². The van der Waals surface area contributed by atoms with E-state index in [4.69, 9.17) is 16.3 Å². The van der Waals surface area contributed by atoms with Crippen molar-refractivity contribution < 1.29 is 9.53 Å². The maximum atomic E-state index is 11.1.